The lowest BCUT2D eigenvalue weighted by atomic mass is 10.1. The van der Waals surface area contributed by atoms with Crippen LogP contribution >= 0.6 is 27.5 Å². The second-order valence-corrected chi connectivity index (χ2v) is 7.00. The number of benzene rings is 2. The molecule has 1 N–H and O–H groups in total. The van der Waals surface area contributed by atoms with Gasteiger partial charge in [-0.05, 0) is 55.3 Å². The van der Waals surface area contributed by atoms with E-state index in [1.54, 1.807) is 37.3 Å². The molecule has 0 bridgehead atoms. The highest BCUT2D eigenvalue weighted by Gasteiger charge is 2.15. The minimum absolute atomic E-state index is 0.0989. The lowest BCUT2D eigenvalue weighted by Crippen LogP contribution is -2.14. The molecule has 6 nitrogen and oxygen atoms in total. The van der Waals surface area contributed by atoms with E-state index in [4.69, 9.17) is 26.3 Å². The molecule has 0 saturated carbocycles. The number of nitrogens with one attached hydrogen (secondary N) is 1. The fraction of sp³-hybridized carbons (Fsp3) is 0.190. The number of nitrogens with zero attached hydrogens (tertiary/aromatic N) is 2. The molecule has 29 heavy (non-hydrogen) atoms. The number of carbonyl (C=O) groups excluding carboxylic acids is 1. The van der Waals surface area contributed by atoms with Crippen LogP contribution in [0, 0.1) is 29.6 Å². The van der Waals surface area contributed by atoms with Crippen LogP contribution in [0.25, 0.3) is 6.08 Å². The molecule has 2 aromatic rings. The molecule has 0 saturated heterocycles. The van der Waals surface area contributed by atoms with Crippen LogP contribution in [0.3, 0.4) is 0 Å². The third-order valence-electron chi connectivity index (χ3n) is 3.84. The van der Waals surface area contributed by atoms with Crippen molar-refractivity contribution in [1.82, 2.24) is 0 Å². The maximum absolute atomic E-state index is 12.6. The van der Waals surface area contributed by atoms with Crippen molar-refractivity contribution >= 4 is 45.2 Å². The van der Waals surface area contributed by atoms with Crippen LogP contribution in [0.4, 0.5) is 5.69 Å². The fourth-order valence-corrected chi connectivity index (χ4v) is 3.00. The van der Waals surface area contributed by atoms with Gasteiger partial charge in [-0.25, -0.2) is 0 Å². The van der Waals surface area contributed by atoms with Crippen LogP contribution in [0.2, 0.25) is 5.02 Å². The van der Waals surface area contributed by atoms with Crippen molar-refractivity contribution in [3.63, 3.8) is 0 Å². The Morgan fingerprint density at radius 2 is 2.00 bits per heavy atom. The number of rotatable bonds is 7. The summed E-state index contributed by atoms with van der Waals surface area (Å²) < 4.78 is 11.5. The molecule has 1 amide bonds. The maximum Gasteiger partial charge on any atom is 0.266 e. The van der Waals surface area contributed by atoms with Crippen LogP contribution in [0.15, 0.2) is 40.4 Å². The van der Waals surface area contributed by atoms with Crippen molar-refractivity contribution in [2.75, 3.05) is 18.5 Å². The predicted octanol–water partition coefficient (Wildman–Crippen LogP) is 5.26. The highest BCUT2D eigenvalue weighted by Crippen LogP contribution is 2.35. The molecule has 8 heteroatoms. The third kappa shape index (κ3) is 5.74. The number of hydrogen-bond acceptors (Lipinski definition) is 5. The standard InChI is InChI=1S/C21H17BrClN3O3/c1-3-28-19-10-14(16(22)11-20(19)29-8-7-24)9-15(12-25)21(27)26-18-6-4-5-17(23)13(18)2/h4-6,9-11H,3,8H2,1-2H3,(H,26,27)/b15-9+. The van der Waals surface area contributed by atoms with E-state index in [-0.39, 0.29) is 12.2 Å². The molecule has 0 spiro atoms. The van der Waals surface area contributed by atoms with Gasteiger partial charge in [0.2, 0.25) is 0 Å². The molecule has 0 aromatic heterocycles. The Morgan fingerprint density at radius 3 is 2.66 bits per heavy atom. The number of carbonyl (C=O) groups is 1. The van der Waals surface area contributed by atoms with Crippen LogP contribution < -0.4 is 14.8 Å². The monoisotopic (exact) mass is 473 g/mol. The summed E-state index contributed by atoms with van der Waals surface area (Å²) in [5.41, 5.74) is 1.68. The van der Waals surface area contributed by atoms with Gasteiger partial charge in [0.05, 0.1) is 6.61 Å². The molecule has 2 rings (SSSR count). The fourth-order valence-electron chi connectivity index (χ4n) is 2.39. The minimum atomic E-state index is -0.562. The number of anilines is 1. The number of ether oxygens (including phenoxy) is 2. The number of hydrogen-bond donors (Lipinski definition) is 1. The first-order chi connectivity index (χ1) is 13.9. The SMILES string of the molecule is CCOc1cc(/C=C(\C#N)C(=O)Nc2cccc(Cl)c2C)c(Br)cc1OCC#N. The molecule has 148 valence electrons. The Hall–Kier alpha value is -3.00. The zero-order valence-electron chi connectivity index (χ0n) is 15.8. The van der Waals surface area contributed by atoms with Crippen molar-refractivity contribution in [3.05, 3.63) is 56.5 Å². The van der Waals surface area contributed by atoms with E-state index in [9.17, 15) is 10.1 Å². The smallest absolute Gasteiger partial charge is 0.266 e. The maximum atomic E-state index is 12.6. The normalized spacial score (nSPS) is 10.6. The Kier molecular flexibility index (Phi) is 8.09. The molecule has 0 aliphatic heterocycles. The van der Waals surface area contributed by atoms with E-state index < -0.39 is 5.91 Å². The summed E-state index contributed by atoms with van der Waals surface area (Å²) in [4.78, 5) is 12.6. The molecule has 0 fully saturated rings. The van der Waals surface area contributed by atoms with E-state index in [1.165, 1.54) is 6.08 Å². The van der Waals surface area contributed by atoms with Gasteiger partial charge < -0.3 is 14.8 Å². The first kappa shape index (κ1) is 22.3. The van der Waals surface area contributed by atoms with Gasteiger partial charge >= 0.3 is 0 Å². The lowest BCUT2D eigenvalue weighted by molar-refractivity contribution is -0.112. The molecular formula is C21H17BrClN3O3. The van der Waals surface area contributed by atoms with Crippen LogP contribution in [-0.2, 0) is 4.79 Å². The van der Waals surface area contributed by atoms with Crippen LogP contribution in [0.5, 0.6) is 11.5 Å². The Balaban J connectivity index is 2.37. The molecule has 2 aromatic carbocycles. The van der Waals surface area contributed by atoms with Crippen molar-refractivity contribution in [3.8, 4) is 23.6 Å². The molecular weight excluding hydrogens is 458 g/mol. The topological polar surface area (TPSA) is 95.1 Å². The van der Waals surface area contributed by atoms with E-state index >= 15 is 0 Å². The second-order valence-electron chi connectivity index (χ2n) is 5.74. The number of amides is 1. The average Bonchev–Trinajstić information content (AvgIpc) is 2.70. The summed E-state index contributed by atoms with van der Waals surface area (Å²) in [6, 6.07) is 12.2. The zero-order chi connectivity index (χ0) is 21.4. The van der Waals surface area contributed by atoms with Gasteiger partial charge in [0.15, 0.2) is 18.1 Å². The van der Waals surface area contributed by atoms with E-state index in [0.29, 0.717) is 44.4 Å². The third-order valence-corrected chi connectivity index (χ3v) is 4.93. The van der Waals surface area contributed by atoms with Gasteiger partial charge in [0.25, 0.3) is 5.91 Å². The van der Waals surface area contributed by atoms with Crippen LogP contribution in [-0.4, -0.2) is 19.1 Å². The van der Waals surface area contributed by atoms with Crippen molar-refractivity contribution in [2.24, 2.45) is 0 Å². The van der Waals surface area contributed by atoms with Crippen molar-refractivity contribution in [2.45, 2.75) is 13.8 Å². The van der Waals surface area contributed by atoms with Gasteiger partial charge in [-0.2, -0.15) is 10.5 Å². The van der Waals surface area contributed by atoms with Gasteiger partial charge in [0, 0.05) is 15.2 Å². The summed E-state index contributed by atoms with van der Waals surface area (Å²) in [6.07, 6.45) is 1.44. The first-order valence-electron chi connectivity index (χ1n) is 8.55. The summed E-state index contributed by atoms with van der Waals surface area (Å²) in [5.74, 6) is 0.225. The van der Waals surface area contributed by atoms with E-state index in [1.807, 2.05) is 19.1 Å². The minimum Gasteiger partial charge on any atom is -0.490 e. The quantitative estimate of drug-likeness (QED) is 0.436. The summed E-state index contributed by atoms with van der Waals surface area (Å²) in [5, 5.41) is 21.4. The molecule has 0 atom stereocenters. The highest BCUT2D eigenvalue weighted by molar-refractivity contribution is 9.10. The summed E-state index contributed by atoms with van der Waals surface area (Å²) in [7, 11) is 0. The highest BCUT2D eigenvalue weighted by atomic mass is 79.9. The van der Waals surface area contributed by atoms with Gasteiger partial charge in [0.1, 0.15) is 17.7 Å². The van der Waals surface area contributed by atoms with Crippen molar-refractivity contribution in [1.29, 1.82) is 10.5 Å². The molecule has 0 heterocycles. The zero-order valence-corrected chi connectivity index (χ0v) is 18.1. The molecule has 0 aliphatic rings. The average molecular weight is 475 g/mol. The lowest BCUT2D eigenvalue weighted by Gasteiger charge is -2.13. The molecule has 0 unspecified atom stereocenters. The van der Waals surface area contributed by atoms with Crippen molar-refractivity contribution < 1.29 is 14.3 Å². The Labute approximate surface area is 182 Å². The largest absolute Gasteiger partial charge is 0.490 e. The molecule has 0 radical (unpaired) electrons. The van der Waals surface area contributed by atoms with Crippen LogP contribution in [0.1, 0.15) is 18.1 Å². The van der Waals surface area contributed by atoms with E-state index in [0.717, 1.165) is 0 Å². The molecule has 0 aliphatic carbocycles. The Morgan fingerprint density at radius 1 is 1.28 bits per heavy atom. The first-order valence-corrected chi connectivity index (χ1v) is 9.72. The second kappa shape index (κ2) is 10.5. The van der Waals surface area contributed by atoms with Gasteiger partial charge in [-0.1, -0.05) is 33.6 Å². The van der Waals surface area contributed by atoms with Gasteiger partial charge in [-0.15, -0.1) is 0 Å². The Bertz CT molecular complexity index is 1040. The summed E-state index contributed by atoms with van der Waals surface area (Å²) >= 11 is 9.47. The van der Waals surface area contributed by atoms with E-state index in [2.05, 4.69) is 21.2 Å². The number of nitriles is 2. The van der Waals surface area contributed by atoms with Gasteiger partial charge in [-0.3, -0.25) is 4.79 Å². The summed E-state index contributed by atoms with van der Waals surface area (Å²) in [6.45, 7) is 3.84. The number of halogens is 2. The predicted molar refractivity (Wildman–Crippen MR) is 115 cm³/mol.